The van der Waals surface area contributed by atoms with E-state index < -0.39 is 0 Å². The summed E-state index contributed by atoms with van der Waals surface area (Å²) in [5.74, 6) is 0. The van der Waals surface area contributed by atoms with Crippen LogP contribution in [0.25, 0.3) is 0 Å². The third-order valence-corrected chi connectivity index (χ3v) is 4.12. The van der Waals surface area contributed by atoms with E-state index in [9.17, 15) is 0 Å². The van der Waals surface area contributed by atoms with Gasteiger partial charge in [0.15, 0.2) is 0 Å². The average molecular weight is 272 g/mol. The van der Waals surface area contributed by atoms with Gasteiger partial charge in [0.05, 0.1) is 13.2 Å². The monoisotopic (exact) mass is 272 g/mol. The van der Waals surface area contributed by atoms with E-state index in [1.54, 1.807) is 7.11 Å². The van der Waals surface area contributed by atoms with E-state index in [0.29, 0.717) is 18.1 Å². The third kappa shape index (κ3) is 5.38. The summed E-state index contributed by atoms with van der Waals surface area (Å²) in [6.07, 6.45) is 3.47. The van der Waals surface area contributed by atoms with Gasteiger partial charge in [-0.05, 0) is 32.7 Å². The molecule has 0 aliphatic carbocycles. The summed E-state index contributed by atoms with van der Waals surface area (Å²) >= 11 is 0. The number of rotatable bonds is 9. The topological polar surface area (TPSA) is 33.7 Å². The number of ether oxygens (including phenoxy) is 2. The maximum atomic E-state index is 5.73. The summed E-state index contributed by atoms with van der Waals surface area (Å²) in [6, 6.07) is 1.61. The van der Waals surface area contributed by atoms with Gasteiger partial charge in [-0.15, -0.1) is 0 Å². The van der Waals surface area contributed by atoms with Crippen LogP contribution in [0.15, 0.2) is 0 Å². The molecule has 1 saturated heterocycles. The van der Waals surface area contributed by atoms with Crippen LogP contribution in [0, 0.1) is 0 Å². The second kappa shape index (κ2) is 9.70. The van der Waals surface area contributed by atoms with Crippen LogP contribution in [-0.4, -0.2) is 63.0 Å². The summed E-state index contributed by atoms with van der Waals surface area (Å²) in [5.41, 5.74) is 0. The van der Waals surface area contributed by atoms with Crippen molar-refractivity contribution in [3.63, 3.8) is 0 Å². The normalized spacial score (nSPS) is 25.7. The molecule has 4 nitrogen and oxygen atoms in total. The fourth-order valence-electron chi connectivity index (χ4n) is 2.76. The highest BCUT2D eigenvalue weighted by Crippen LogP contribution is 2.18. The van der Waals surface area contributed by atoms with Crippen molar-refractivity contribution in [3.05, 3.63) is 0 Å². The van der Waals surface area contributed by atoms with Crippen LogP contribution in [0.5, 0.6) is 0 Å². The number of hydrogen-bond donors (Lipinski definition) is 1. The Morgan fingerprint density at radius 3 is 2.84 bits per heavy atom. The zero-order valence-corrected chi connectivity index (χ0v) is 13.2. The van der Waals surface area contributed by atoms with Gasteiger partial charge in [0.2, 0.25) is 0 Å². The first-order valence-corrected chi connectivity index (χ1v) is 7.80. The molecule has 114 valence electrons. The summed E-state index contributed by atoms with van der Waals surface area (Å²) < 4.78 is 11.0. The highest BCUT2D eigenvalue weighted by molar-refractivity contribution is 4.89. The highest BCUT2D eigenvalue weighted by atomic mass is 16.5. The fourth-order valence-corrected chi connectivity index (χ4v) is 2.76. The molecule has 0 aromatic rings. The average Bonchev–Trinajstić information content (AvgIpc) is 2.46. The van der Waals surface area contributed by atoms with Gasteiger partial charge in [-0.25, -0.2) is 0 Å². The number of nitrogens with one attached hydrogen (secondary N) is 1. The lowest BCUT2D eigenvalue weighted by atomic mass is 9.99. The first-order valence-electron chi connectivity index (χ1n) is 7.80. The van der Waals surface area contributed by atoms with Gasteiger partial charge in [0.25, 0.3) is 0 Å². The molecule has 19 heavy (non-hydrogen) atoms. The molecule has 1 aliphatic rings. The molecule has 1 N–H and O–H groups in total. The van der Waals surface area contributed by atoms with Gasteiger partial charge in [-0.3, -0.25) is 4.90 Å². The first kappa shape index (κ1) is 16.9. The number of hydrogen-bond acceptors (Lipinski definition) is 4. The zero-order chi connectivity index (χ0) is 14.1. The standard InChI is InChI=1S/C15H32N2O2/c1-5-8-16-14-7-10-19-12-15(14)17(9-11-18-4)13(3)6-2/h13-16H,5-12H2,1-4H3. The van der Waals surface area contributed by atoms with E-state index in [-0.39, 0.29) is 0 Å². The molecule has 1 aliphatic heterocycles. The second-order valence-corrected chi connectivity index (χ2v) is 5.48. The molecule has 1 heterocycles. The van der Waals surface area contributed by atoms with Crippen molar-refractivity contribution in [2.75, 3.05) is 40.0 Å². The molecule has 0 aromatic carbocycles. The Balaban J connectivity index is 2.65. The molecular weight excluding hydrogens is 240 g/mol. The Morgan fingerprint density at radius 2 is 2.21 bits per heavy atom. The summed E-state index contributed by atoms with van der Waals surface area (Å²) in [5, 5.41) is 3.69. The van der Waals surface area contributed by atoms with Crippen molar-refractivity contribution >= 4 is 0 Å². The predicted octanol–water partition coefficient (Wildman–Crippen LogP) is 1.89. The minimum absolute atomic E-state index is 0.477. The molecule has 3 atom stereocenters. The van der Waals surface area contributed by atoms with Gasteiger partial charge >= 0.3 is 0 Å². The van der Waals surface area contributed by atoms with Gasteiger partial charge in [0, 0.05) is 38.4 Å². The van der Waals surface area contributed by atoms with Gasteiger partial charge in [-0.1, -0.05) is 13.8 Å². The Kier molecular flexibility index (Phi) is 8.62. The fraction of sp³-hybridized carbons (Fsp3) is 1.00. The van der Waals surface area contributed by atoms with Crippen LogP contribution in [0.4, 0.5) is 0 Å². The zero-order valence-electron chi connectivity index (χ0n) is 13.2. The molecule has 0 bridgehead atoms. The van der Waals surface area contributed by atoms with Gasteiger partial charge in [0.1, 0.15) is 0 Å². The van der Waals surface area contributed by atoms with Crippen molar-refractivity contribution < 1.29 is 9.47 Å². The number of methoxy groups -OCH3 is 1. The van der Waals surface area contributed by atoms with Crippen LogP contribution in [0.2, 0.25) is 0 Å². The largest absolute Gasteiger partial charge is 0.383 e. The van der Waals surface area contributed by atoms with Gasteiger partial charge in [-0.2, -0.15) is 0 Å². The van der Waals surface area contributed by atoms with Crippen molar-refractivity contribution in [2.24, 2.45) is 0 Å². The molecule has 1 fully saturated rings. The van der Waals surface area contributed by atoms with E-state index in [1.165, 1.54) is 12.8 Å². The second-order valence-electron chi connectivity index (χ2n) is 5.48. The van der Waals surface area contributed by atoms with E-state index in [1.807, 2.05) is 0 Å². The minimum atomic E-state index is 0.477. The van der Waals surface area contributed by atoms with E-state index in [0.717, 1.165) is 39.3 Å². The summed E-state index contributed by atoms with van der Waals surface area (Å²) in [7, 11) is 1.78. The molecule has 0 aromatic heterocycles. The molecular formula is C15H32N2O2. The van der Waals surface area contributed by atoms with E-state index in [4.69, 9.17) is 9.47 Å². The lowest BCUT2D eigenvalue weighted by Crippen LogP contribution is -2.58. The summed E-state index contributed by atoms with van der Waals surface area (Å²) in [4.78, 5) is 2.57. The quantitative estimate of drug-likeness (QED) is 0.695. The molecule has 0 amide bonds. The minimum Gasteiger partial charge on any atom is -0.383 e. The van der Waals surface area contributed by atoms with Crippen molar-refractivity contribution in [1.82, 2.24) is 10.2 Å². The maximum absolute atomic E-state index is 5.73. The summed E-state index contributed by atoms with van der Waals surface area (Å²) in [6.45, 7) is 11.4. The molecule has 0 spiro atoms. The first-order chi connectivity index (χ1) is 9.24. The van der Waals surface area contributed by atoms with Crippen LogP contribution >= 0.6 is 0 Å². The Morgan fingerprint density at radius 1 is 1.42 bits per heavy atom. The molecule has 1 rings (SSSR count). The Bertz CT molecular complexity index is 226. The molecule has 0 radical (unpaired) electrons. The molecule has 4 heteroatoms. The SMILES string of the molecule is CCCNC1CCOCC1N(CCOC)C(C)CC. The number of nitrogens with zero attached hydrogens (tertiary/aromatic N) is 1. The van der Waals surface area contributed by atoms with E-state index in [2.05, 4.69) is 31.0 Å². The van der Waals surface area contributed by atoms with Crippen molar-refractivity contribution in [3.8, 4) is 0 Å². The lowest BCUT2D eigenvalue weighted by molar-refractivity contribution is -0.0254. The van der Waals surface area contributed by atoms with Crippen molar-refractivity contribution in [1.29, 1.82) is 0 Å². The maximum Gasteiger partial charge on any atom is 0.0637 e. The Hall–Kier alpha value is -0.160. The molecule has 3 unspecified atom stereocenters. The highest BCUT2D eigenvalue weighted by Gasteiger charge is 2.32. The third-order valence-electron chi connectivity index (χ3n) is 4.12. The van der Waals surface area contributed by atoms with E-state index >= 15 is 0 Å². The van der Waals surface area contributed by atoms with Crippen LogP contribution in [-0.2, 0) is 9.47 Å². The Labute approximate surface area is 118 Å². The smallest absolute Gasteiger partial charge is 0.0637 e. The molecule has 0 saturated carbocycles. The van der Waals surface area contributed by atoms with Crippen LogP contribution in [0.3, 0.4) is 0 Å². The lowest BCUT2D eigenvalue weighted by Gasteiger charge is -2.43. The van der Waals surface area contributed by atoms with Crippen LogP contribution < -0.4 is 5.32 Å². The van der Waals surface area contributed by atoms with Gasteiger partial charge < -0.3 is 14.8 Å². The van der Waals surface area contributed by atoms with Crippen LogP contribution in [0.1, 0.15) is 40.0 Å². The van der Waals surface area contributed by atoms with Crippen molar-refractivity contribution in [2.45, 2.75) is 58.2 Å². The predicted molar refractivity (Wildman–Crippen MR) is 79.6 cm³/mol.